The van der Waals surface area contributed by atoms with Gasteiger partial charge in [0, 0.05) is 33.4 Å². The molecule has 1 aliphatic carbocycles. The number of hydrogen-bond donors (Lipinski definition) is 1. The van der Waals surface area contributed by atoms with Gasteiger partial charge >= 0.3 is 0 Å². The lowest BCUT2D eigenvalue weighted by Gasteiger charge is -2.31. The Morgan fingerprint density at radius 1 is 1.06 bits per heavy atom. The van der Waals surface area contributed by atoms with Gasteiger partial charge in [0.1, 0.15) is 6.04 Å². The second-order valence-corrected chi connectivity index (χ2v) is 10.7. The fraction of sp³-hybridized carbons (Fsp3) is 0.440. The van der Waals surface area contributed by atoms with Crippen molar-refractivity contribution in [2.75, 3.05) is 5.75 Å². The van der Waals surface area contributed by atoms with Crippen LogP contribution in [0, 0.1) is 0 Å². The van der Waals surface area contributed by atoms with Crippen LogP contribution in [0.25, 0.3) is 0 Å². The summed E-state index contributed by atoms with van der Waals surface area (Å²) in [6, 6.07) is 12.4. The van der Waals surface area contributed by atoms with Gasteiger partial charge in [-0.2, -0.15) is 0 Å². The van der Waals surface area contributed by atoms with Crippen LogP contribution >= 0.6 is 46.6 Å². The van der Waals surface area contributed by atoms with Gasteiger partial charge in [-0.3, -0.25) is 9.59 Å². The van der Waals surface area contributed by atoms with Crippen molar-refractivity contribution in [3.8, 4) is 0 Å². The molecular weight excluding hydrogens is 499 g/mol. The number of halogens is 3. The highest BCUT2D eigenvalue weighted by Gasteiger charge is 2.28. The molecule has 2 aromatic carbocycles. The highest BCUT2D eigenvalue weighted by molar-refractivity contribution is 7.99. The topological polar surface area (TPSA) is 49.4 Å². The maximum Gasteiger partial charge on any atom is 0.242 e. The third-order valence-corrected chi connectivity index (χ3v) is 7.67. The zero-order valence-corrected chi connectivity index (χ0v) is 21.7. The third kappa shape index (κ3) is 8.10. The molecule has 0 saturated heterocycles. The number of amides is 2. The Balaban J connectivity index is 1.68. The Bertz CT molecular complexity index is 966. The van der Waals surface area contributed by atoms with Crippen LogP contribution < -0.4 is 5.32 Å². The summed E-state index contributed by atoms with van der Waals surface area (Å²) in [6.45, 7) is 2.02. The van der Waals surface area contributed by atoms with Gasteiger partial charge in [-0.05, 0) is 55.2 Å². The zero-order valence-electron chi connectivity index (χ0n) is 18.7. The van der Waals surface area contributed by atoms with E-state index in [9.17, 15) is 9.59 Å². The first kappa shape index (κ1) is 26.2. The number of benzene rings is 2. The first-order valence-electron chi connectivity index (χ1n) is 11.2. The molecule has 1 aliphatic rings. The molecule has 2 amide bonds. The van der Waals surface area contributed by atoms with E-state index < -0.39 is 6.04 Å². The van der Waals surface area contributed by atoms with E-state index in [1.807, 2.05) is 24.3 Å². The summed E-state index contributed by atoms with van der Waals surface area (Å²) in [4.78, 5) is 27.9. The number of rotatable bonds is 9. The SMILES string of the molecule is CC(C(=O)NC1CCCCC1)N(Cc1ccc(Cl)cc1Cl)C(=O)CSCc1cccc(Cl)c1. The van der Waals surface area contributed by atoms with E-state index in [1.54, 1.807) is 30.0 Å². The molecule has 2 aromatic rings. The lowest BCUT2D eigenvalue weighted by molar-refractivity contribution is -0.139. The van der Waals surface area contributed by atoms with E-state index in [1.165, 1.54) is 18.2 Å². The summed E-state index contributed by atoms with van der Waals surface area (Å²) in [5.74, 6) is 0.669. The first-order valence-corrected chi connectivity index (χ1v) is 13.5. The summed E-state index contributed by atoms with van der Waals surface area (Å²) in [5, 5.41) is 4.82. The molecule has 1 saturated carbocycles. The van der Waals surface area contributed by atoms with Crippen LogP contribution in [0.4, 0.5) is 0 Å². The van der Waals surface area contributed by atoms with E-state index in [0.29, 0.717) is 20.8 Å². The van der Waals surface area contributed by atoms with Crippen LogP contribution in [0.3, 0.4) is 0 Å². The molecule has 178 valence electrons. The van der Waals surface area contributed by atoms with Crippen LogP contribution in [0.5, 0.6) is 0 Å². The van der Waals surface area contributed by atoms with Gasteiger partial charge in [0.2, 0.25) is 11.8 Å². The van der Waals surface area contributed by atoms with Gasteiger partial charge in [-0.25, -0.2) is 0 Å². The van der Waals surface area contributed by atoms with Gasteiger partial charge in [0.05, 0.1) is 5.75 Å². The molecule has 1 fully saturated rings. The minimum Gasteiger partial charge on any atom is -0.352 e. The van der Waals surface area contributed by atoms with Crippen LogP contribution in [0.2, 0.25) is 15.1 Å². The third-order valence-electron chi connectivity index (χ3n) is 5.86. The van der Waals surface area contributed by atoms with Gasteiger partial charge < -0.3 is 10.2 Å². The van der Waals surface area contributed by atoms with Crippen LogP contribution in [-0.4, -0.2) is 34.6 Å². The fourth-order valence-electron chi connectivity index (χ4n) is 3.95. The molecule has 33 heavy (non-hydrogen) atoms. The minimum atomic E-state index is -0.613. The van der Waals surface area contributed by atoms with Crippen molar-refractivity contribution in [2.24, 2.45) is 0 Å². The molecule has 3 rings (SSSR count). The molecule has 1 atom stereocenters. The van der Waals surface area contributed by atoms with Gasteiger partial charge in [-0.15, -0.1) is 11.8 Å². The van der Waals surface area contributed by atoms with Crippen molar-refractivity contribution < 1.29 is 9.59 Å². The lowest BCUT2D eigenvalue weighted by atomic mass is 9.95. The lowest BCUT2D eigenvalue weighted by Crippen LogP contribution is -2.50. The van der Waals surface area contributed by atoms with Gasteiger partial charge in [-0.1, -0.05) is 72.3 Å². The predicted molar refractivity (Wildman–Crippen MR) is 139 cm³/mol. The van der Waals surface area contributed by atoms with Crippen LogP contribution in [-0.2, 0) is 21.9 Å². The molecule has 0 spiro atoms. The Kier molecular flexibility index (Phi) is 10.2. The number of carbonyl (C=O) groups is 2. The zero-order chi connectivity index (χ0) is 23.8. The second-order valence-electron chi connectivity index (χ2n) is 8.40. The Morgan fingerprint density at radius 3 is 2.48 bits per heavy atom. The smallest absolute Gasteiger partial charge is 0.242 e. The molecule has 0 bridgehead atoms. The highest BCUT2D eigenvalue weighted by atomic mass is 35.5. The molecule has 0 aromatic heterocycles. The Labute approximate surface area is 215 Å². The van der Waals surface area contributed by atoms with Crippen molar-refractivity contribution in [1.82, 2.24) is 10.2 Å². The van der Waals surface area contributed by atoms with Gasteiger partial charge in [0.15, 0.2) is 0 Å². The maximum absolute atomic E-state index is 13.3. The molecule has 8 heteroatoms. The fourth-order valence-corrected chi connectivity index (χ4v) is 5.49. The van der Waals surface area contributed by atoms with E-state index in [4.69, 9.17) is 34.8 Å². The molecule has 0 radical (unpaired) electrons. The largest absolute Gasteiger partial charge is 0.352 e. The van der Waals surface area contributed by atoms with Crippen molar-refractivity contribution in [1.29, 1.82) is 0 Å². The summed E-state index contributed by atoms with van der Waals surface area (Å²) in [6.07, 6.45) is 5.45. The predicted octanol–water partition coefficient (Wildman–Crippen LogP) is 6.75. The van der Waals surface area contributed by atoms with Crippen molar-refractivity contribution >= 4 is 58.4 Å². The minimum absolute atomic E-state index is 0.112. The molecule has 0 aliphatic heterocycles. The van der Waals surface area contributed by atoms with E-state index in [-0.39, 0.29) is 30.2 Å². The van der Waals surface area contributed by atoms with E-state index >= 15 is 0 Å². The summed E-state index contributed by atoms with van der Waals surface area (Å²) in [5.41, 5.74) is 1.81. The Morgan fingerprint density at radius 2 is 1.79 bits per heavy atom. The Hall–Kier alpha value is -1.40. The van der Waals surface area contributed by atoms with Crippen molar-refractivity contribution in [2.45, 2.75) is 63.4 Å². The molecule has 1 N–H and O–H groups in total. The maximum atomic E-state index is 13.3. The first-order chi connectivity index (χ1) is 15.8. The molecule has 1 unspecified atom stereocenters. The van der Waals surface area contributed by atoms with Crippen LogP contribution in [0.1, 0.15) is 50.2 Å². The molecular formula is C25H29Cl3N2O2S. The monoisotopic (exact) mass is 526 g/mol. The average Bonchev–Trinajstić information content (AvgIpc) is 2.79. The number of carbonyl (C=O) groups excluding carboxylic acids is 2. The van der Waals surface area contributed by atoms with Crippen LogP contribution in [0.15, 0.2) is 42.5 Å². The number of thioether (sulfide) groups is 1. The highest BCUT2D eigenvalue weighted by Crippen LogP contribution is 2.25. The number of hydrogen-bond acceptors (Lipinski definition) is 3. The van der Waals surface area contributed by atoms with Crippen molar-refractivity contribution in [3.05, 3.63) is 68.7 Å². The van der Waals surface area contributed by atoms with Crippen molar-refractivity contribution in [3.63, 3.8) is 0 Å². The summed E-state index contributed by atoms with van der Waals surface area (Å²) < 4.78 is 0. The standard InChI is InChI=1S/C25H29Cl3N2O2S/c1-17(25(32)29-22-8-3-2-4-9-22)30(14-19-10-11-21(27)13-23(19)28)24(31)16-33-15-18-6-5-7-20(26)12-18/h5-7,10-13,17,22H,2-4,8-9,14-16H2,1H3,(H,29,32). The summed E-state index contributed by atoms with van der Waals surface area (Å²) in [7, 11) is 0. The normalized spacial score (nSPS) is 15.2. The quantitative estimate of drug-likeness (QED) is 0.392. The number of nitrogens with zero attached hydrogens (tertiary/aromatic N) is 1. The van der Waals surface area contributed by atoms with E-state index in [0.717, 1.165) is 36.8 Å². The molecule has 4 nitrogen and oxygen atoms in total. The van der Waals surface area contributed by atoms with Gasteiger partial charge in [0.25, 0.3) is 0 Å². The average molecular weight is 528 g/mol. The second kappa shape index (κ2) is 12.9. The number of nitrogens with one attached hydrogen (secondary N) is 1. The summed E-state index contributed by atoms with van der Waals surface area (Å²) >= 11 is 20.0. The van der Waals surface area contributed by atoms with E-state index in [2.05, 4.69) is 5.32 Å². The molecule has 0 heterocycles.